The van der Waals surface area contributed by atoms with E-state index in [-0.39, 0.29) is 18.8 Å². The van der Waals surface area contributed by atoms with Crippen molar-refractivity contribution in [3.8, 4) is 0 Å². The molecule has 1 rings (SSSR count). The summed E-state index contributed by atoms with van der Waals surface area (Å²) in [6, 6.07) is 0. The Morgan fingerprint density at radius 1 is 1.57 bits per heavy atom. The minimum absolute atomic E-state index is 0.00830. The summed E-state index contributed by atoms with van der Waals surface area (Å²) >= 11 is 3.09. The zero-order valence-corrected chi connectivity index (χ0v) is 9.11. The second kappa shape index (κ2) is 5.90. The zero-order valence-electron chi connectivity index (χ0n) is 7.52. The second-order valence-electron chi connectivity index (χ2n) is 2.58. The van der Waals surface area contributed by atoms with Crippen molar-refractivity contribution >= 4 is 15.9 Å². The molecule has 0 saturated carbocycles. The molecule has 1 aromatic heterocycles. The van der Waals surface area contributed by atoms with E-state index in [9.17, 15) is 4.79 Å². The van der Waals surface area contributed by atoms with Crippen molar-refractivity contribution in [1.29, 1.82) is 0 Å². The third kappa shape index (κ3) is 3.21. The van der Waals surface area contributed by atoms with Crippen molar-refractivity contribution in [3.05, 3.63) is 27.4 Å². The number of hydrogen-bond donors (Lipinski definition) is 1. The Hall–Kier alpha value is -0.720. The van der Waals surface area contributed by atoms with Gasteiger partial charge in [0.25, 0.3) is 5.56 Å². The number of aromatic nitrogens is 2. The van der Waals surface area contributed by atoms with Crippen molar-refractivity contribution < 1.29 is 9.84 Å². The summed E-state index contributed by atoms with van der Waals surface area (Å²) in [6.45, 7) is 1.10. The highest BCUT2D eigenvalue weighted by atomic mass is 79.9. The third-order valence-electron chi connectivity index (χ3n) is 1.57. The molecule has 0 bridgehead atoms. The molecular formula is C8H11BrN2O3. The van der Waals surface area contributed by atoms with Gasteiger partial charge in [-0.15, -0.1) is 0 Å². The van der Waals surface area contributed by atoms with Crippen LogP contribution in [0.15, 0.2) is 21.8 Å². The van der Waals surface area contributed by atoms with E-state index in [4.69, 9.17) is 9.84 Å². The van der Waals surface area contributed by atoms with Crippen LogP contribution in [0.25, 0.3) is 0 Å². The fourth-order valence-electron chi connectivity index (χ4n) is 0.913. The van der Waals surface area contributed by atoms with Crippen LogP contribution in [0.5, 0.6) is 0 Å². The molecule has 0 aliphatic rings. The molecule has 0 aliphatic heterocycles. The number of aliphatic hydroxyl groups is 1. The van der Waals surface area contributed by atoms with E-state index in [0.29, 0.717) is 17.6 Å². The normalized spacial score (nSPS) is 10.4. The minimum Gasteiger partial charge on any atom is -0.394 e. The summed E-state index contributed by atoms with van der Waals surface area (Å²) in [5, 5.41) is 8.45. The van der Waals surface area contributed by atoms with Gasteiger partial charge in [-0.25, -0.2) is 4.98 Å². The van der Waals surface area contributed by atoms with Gasteiger partial charge in [-0.05, 0) is 15.9 Å². The summed E-state index contributed by atoms with van der Waals surface area (Å²) in [5.41, 5.74) is -0.132. The largest absolute Gasteiger partial charge is 0.394 e. The Kier molecular flexibility index (Phi) is 4.78. The van der Waals surface area contributed by atoms with Crippen LogP contribution in [-0.2, 0) is 11.3 Å². The molecule has 14 heavy (non-hydrogen) atoms. The van der Waals surface area contributed by atoms with Crippen LogP contribution in [0.1, 0.15) is 0 Å². The van der Waals surface area contributed by atoms with Crippen LogP contribution in [0.2, 0.25) is 0 Å². The molecule has 0 aliphatic carbocycles. The first-order chi connectivity index (χ1) is 6.75. The van der Waals surface area contributed by atoms with E-state index in [1.807, 2.05) is 0 Å². The molecule has 6 heteroatoms. The molecule has 5 nitrogen and oxygen atoms in total. The Morgan fingerprint density at radius 3 is 3.07 bits per heavy atom. The maximum absolute atomic E-state index is 11.4. The maximum Gasteiger partial charge on any atom is 0.267 e. The molecule has 1 heterocycles. The fraction of sp³-hybridized carbons (Fsp3) is 0.500. The van der Waals surface area contributed by atoms with E-state index in [1.165, 1.54) is 17.1 Å². The quantitative estimate of drug-likeness (QED) is 0.760. The number of aliphatic hydroxyl groups excluding tert-OH is 1. The summed E-state index contributed by atoms with van der Waals surface area (Å²) in [5.74, 6) is 0. The summed E-state index contributed by atoms with van der Waals surface area (Å²) in [6.07, 6.45) is 2.91. The molecular weight excluding hydrogens is 252 g/mol. The molecule has 0 unspecified atom stereocenters. The Labute approximate surface area is 89.5 Å². The van der Waals surface area contributed by atoms with Crippen molar-refractivity contribution in [1.82, 2.24) is 9.55 Å². The highest BCUT2D eigenvalue weighted by Crippen LogP contribution is 1.97. The van der Waals surface area contributed by atoms with E-state index in [1.54, 1.807) is 0 Å². The topological polar surface area (TPSA) is 64.4 Å². The lowest BCUT2D eigenvalue weighted by Crippen LogP contribution is -2.23. The van der Waals surface area contributed by atoms with Gasteiger partial charge < -0.3 is 9.84 Å². The van der Waals surface area contributed by atoms with E-state index in [0.717, 1.165) is 0 Å². The zero-order chi connectivity index (χ0) is 10.4. The van der Waals surface area contributed by atoms with Crippen molar-refractivity contribution in [2.45, 2.75) is 6.54 Å². The molecule has 78 valence electrons. The van der Waals surface area contributed by atoms with Crippen molar-refractivity contribution in [2.75, 3.05) is 19.8 Å². The highest BCUT2D eigenvalue weighted by Gasteiger charge is 1.99. The van der Waals surface area contributed by atoms with Gasteiger partial charge in [0, 0.05) is 6.20 Å². The van der Waals surface area contributed by atoms with Crippen molar-refractivity contribution in [3.63, 3.8) is 0 Å². The molecule has 0 aromatic carbocycles. The van der Waals surface area contributed by atoms with Crippen molar-refractivity contribution in [2.24, 2.45) is 0 Å². The molecule has 0 radical (unpaired) electrons. The monoisotopic (exact) mass is 262 g/mol. The Morgan fingerprint density at radius 2 is 2.36 bits per heavy atom. The molecule has 0 amide bonds. The summed E-state index contributed by atoms with van der Waals surface area (Å²) in [7, 11) is 0. The van der Waals surface area contributed by atoms with Crippen LogP contribution in [0.3, 0.4) is 0 Å². The molecule has 0 atom stereocenters. The lowest BCUT2D eigenvalue weighted by Gasteiger charge is -2.05. The van der Waals surface area contributed by atoms with Gasteiger partial charge in [-0.2, -0.15) is 0 Å². The number of rotatable bonds is 5. The summed E-state index contributed by atoms with van der Waals surface area (Å²) in [4.78, 5) is 15.3. The summed E-state index contributed by atoms with van der Waals surface area (Å²) < 4.78 is 6.91. The lowest BCUT2D eigenvalue weighted by molar-refractivity contribution is 0.0863. The number of halogens is 1. The minimum atomic E-state index is -0.132. The first kappa shape index (κ1) is 11.4. The third-order valence-corrected chi connectivity index (χ3v) is 2.12. The van der Waals surface area contributed by atoms with Gasteiger partial charge >= 0.3 is 0 Å². The first-order valence-corrected chi connectivity index (χ1v) is 4.93. The smallest absolute Gasteiger partial charge is 0.267 e. The van der Waals surface area contributed by atoms with Crippen LogP contribution in [0.4, 0.5) is 0 Å². The number of nitrogens with zero attached hydrogens (tertiary/aromatic N) is 2. The molecule has 1 N–H and O–H groups in total. The van der Waals surface area contributed by atoms with Crippen LogP contribution in [0, 0.1) is 0 Å². The lowest BCUT2D eigenvalue weighted by atomic mass is 10.6. The second-order valence-corrected chi connectivity index (χ2v) is 3.43. The first-order valence-electron chi connectivity index (χ1n) is 4.14. The Balaban J connectivity index is 2.51. The van der Waals surface area contributed by atoms with Crippen LogP contribution in [-0.4, -0.2) is 34.5 Å². The maximum atomic E-state index is 11.4. The average molecular weight is 263 g/mol. The molecule has 0 saturated heterocycles. The number of hydrogen-bond acceptors (Lipinski definition) is 4. The van der Waals surface area contributed by atoms with Gasteiger partial charge in [-0.1, -0.05) is 0 Å². The van der Waals surface area contributed by atoms with E-state index >= 15 is 0 Å². The molecule has 1 aromatic rings. The Bertz CT molecular complexity index is 340. The van der Waals surface area contributed by atoms with Gasteiger partial charge in [0.2, 0.25) is 0 Å². The van der Waals surface area contributed by atoms with E-state index < -0.39 is 0 Å². The van der Waals surface area contributed by atoms with Crippen LogP contribution < -0.4 is 5.56 Å². The van der Waals surface area contributed by atoms with E-state index in [2.05, 4.69) is 20.9 Å². The highest BCUT2D eigenvalue weighted by molar-refractivity contribution is 9.10. The molecule has 0 spiro atoms. The number of ether oxygens (including phenoxy) is 1. The van der Waals surface area contributed by atoms with Gasteiger partial charge in [-0.3, -0.25) is 9.36 Å². The van der Waals surface area contributed by atoms with Gasteiger partial charge in [0.05, 0.1) is 32.7 Å². The van der Waals surface area contributed by atoms with Gasteiger partial charge in [0.1, 0.15) is 4.47 Å². The predicted molar refractivity (Wildman–Crippen MR) is 54.1 cm³/mol. The predicted octanol–water partition coefficient (Wildman–Crippen LogP) is 0.0147. The fourth-order valence-corrected chi connectivity index (χ4v) is 1.26. The van der Waals surface area contributed by atoms with Crippen LogP contribution >= 0.6 is 15.9 Å². The van der Waals surface area contributed by atoms with Gasteiger partial charge in [0.15, 0.2) is 0 Å². The molecule has 0 fully saturated rings. The average Bonchev–Trinajstić information content (AvgIpc) is 2.19. The SMILES string of the molecule is O=c1c(Br)cncn1CCOCCO. The standard InChI is InChI=1S/C8H11BrN2O3/c9-7-5-10-6-11(8(7)13)1-3-14-4-2-12/h5-6,12H,1-4H2.